The highest BCUT2D eigenvalue weighted by molar-refractivity contribution is 7.89. The molecular formula is C13H17F2NO3S. The zero-order chi connectivity index (χ0) is 14.8. The summed E-state index contributed by atoms with van der Waals surface area (Å²) < 4.78 is 52.3. The molecule has 0 bridgehead atoms. The highest BCUT2D eigenvalue weighted by atomic mass is 32.2. The molecule has 1 aromatic carbocycles. The third-order valence-corrected chi connectivity index (χ3v) is 5.19. The average Bonchev–Trinajstić information content (AvgIpc) is 3.22. The van der Waals surface area contributed by atoms with Crippen LogP contribution >= 0.6 is 0 Å². The zero-order valence-electron chi connectivity index (χ0n) is 10.9. The number of benzene rings is 1. The maximum Gasteiger partial charge on any atom is 0.243 e. The van der Waals surface area contributed by atoms with Crippen molar-refractivity contribution >= 4 is 10.0 Å². The van der Waals surface area contributed by atoms with Crippen LogP contribution in [0.5, 0.6) is 0 Å². The van der Waals surface area contributed by atoms with Crippen LogP contribution in [-0.4, -0.2) is 37.0 Å². The Morgan fingerprint density at radius 2 is 1.90 bits per heavy atom. The van der Waals surface area contributed by atoms with Gasteiger partial charge in [-0.25, -0.2) is 17.2 Å². The number of halogens is 2. The fraction of sp³-hybridized carbons (Fsp3) is 0.538. The van der Waals surface area contributed by atoms with Crippen LogP contribution < -0.4 is 0 Å². The van der Waals surface area contributed by atoms with E-state index in [1.165, 1.54) is 4.31 Å². The molecule has 1 N–H and O–H groups in total. The van der Waals surface area contributed by atoms with Crippen LogP contribution in [0.25, 0.3) is 0 Å². The first kappa shape index (κ1) is 15.3. The molecule has 112 valence electrons. The second-order valence-corrected chi connectivity index (χ2v) is 6.74. The Morgan fingerprint density at radius 3 is 2.45 bits per heavy atom. The minimum absolute atomic E-state index is 0.00370. The molecule has 1 fully saturated rings. The molecule has 1 aromatic rings. The van der Waals surface area contributed by atoms with E-state index in [-0.39, 0.29) is 24.1 Å². The van der Waals surface area contributed by atoms with Crippen molar-refractivity contribution in [2.45, 2.75) is 36.6 Å². The van der Waals surface area contributed by atoms with Crippen molar-refractivity contribution < 1.29 is 22.3 Å². The van der Waals surface area contributed by atoms with Gasteiger partial charge in [0.15, 0.2) is 11.6 Å². The Kier molecular flexibility index (Phi) is 4.72. The molecule has 0 unspecified atom stereocenters. The lowest BCUT2D eigenvalue weighted by molar-refractivity contribution is 0.275. The number of aliphatic hydroxyl groups excluding tert-OH is 1. The SMILES string of the molecule is O=S(=O)(c1ccc(F)c(F)c1)N(CCCCO)C1CC1. The summed E-state index contributed by atoms with van der Waals surface area (Å²) in [4.78, 5) is -0.229. The summed E-state index contributed by atoms with van der Waals surface area (Å²) in [5.41, 5.74) is 0. The summed E-state index contributed by atoms with van der Waals surface area (Å²) in [7, 11) is -3.81. The third kappa shape index (κ3) is 3.34. The molecule has 1 saturated carbocycles. The van der Waals surface area contributed by atoms with Gasteiger partial charge in [0.05, 0.1) is 4.90 Å². The first-order valence-corrected chi connectivity index (χ1v) is 7.98. The fourth-order valence-corrected chi connectivity index (χ4v) is 3.75. The Balaban J connectivity index is 2.23. The quantitative estimate of drug-likeness (QED) is 0.783. The van der Waals surface area contributed by atoms with Crippen molar-refractivity contribution in [1.29, 1.82) is 0 Å². The molecule has 0 radical (unpaired) electrons. The van der Waals surface area contributed by atoms with Gasteiger partial charge in [-0.1, -0.05) is 0 Å². The van der Waals surface area contributed by atoms with Gasteiger partial charge in [-0.2, -0.15) is 4.31 Å². The Morgan fingerprint density at radius 1 is 1.20 bits per heavy atom. The number of nitrogens with zero attached hydrogens (tertiary/aromatic N) is 1. The summed E-state index contributed by atoms with van der Waals surface area (Å²) in [6.45, 7) is 0.288. The van der Waals surface area contributed by atoms with Gasteiger partial charge in [0.2, 0.25) is 10.0 Å². The maximum absolute atomic E-state index is 13.2. The lowest BCUT2D eigenvalue weighted by atomic mass is 10.3. The van der Waals surface area contributed by atoms with E-state index in [4.69, 9.17) is 5.11 Å². The van der Waals surface area contributed by atoms with Gasteiger partial charge in [-0.05, 0) is 43.9 Å². The maximum atomic E-state index is 13.2. The van der Waals surface area contributed by atoms with E-state index in [9.17, 15) is 17.2 Å². The van der Waals surface area contributed by atoms with Crippen LogP contribution in [0.15, 0.2) is 23.1 Å². The molecule has 2 rings (SSSR count). The molecule has 0 heterocycles. The van der Waals surface area contributed by atoms with E-state index in [1.807, 2.05) is 0 Å². The summed E-state index contributed by atoms with van der Waals surface area (Å²) in [5.74, 6) is -2.24. The molecule has 0 atom stereocenters. The molecule has 7 heteroatoms. The van der Waals surface area contributed by atoms with E-state index in [2.05, 4.69) is 0 Å². The van der Waals surface area contributed by atoms with Crippen molar-refractivity contribution in [3.8, 4) is 0 Å². The van der Waals surface area contributed by atoms with Gasteiger partial charge >= 0.3 is 0 Å². The highest BCUT2D eigenvalue weighted by Crippen LogP contribution is 2.32. The molecule has 0 saturated heterocycles. The molecule has 0 spiro atoms. The van der Waals surface area contributed by atoms with Crippen molar-refractivity contribution in [2.24, 2.45) is 0 Å². The minimum atomic E-state index is -3.81. The molecular weight excluding hydrogens is 288 g/mol. The van der Waals surface area contributed by atoms with Crippen LogP contribution in [0.2, 0.25) is 0 Å². The molecule has 0 aliphatic heterocycles. The normalized spacial score (nSPS) is 15.8. The first-order valence-electron chi connectivity index (χ1n) is 6.54. The predicted octanol–water partition coefficient (Wildman–Crippen LogP) is 1.89. The average molecular weight is 305 g/mol. The summed E-state index contributed by atoms with van der Waals surface area (Å²) >= 11 is 0. The molecule has 4 nitrogen and oxygen atoms in total. The van der Waals surface area contributed by atoms with Crippen LogP contribution in [0.3, 0.4) is 0 Å². The van der Waals surface area contributed by atoms with Gasteiger partial charge in [0.1, 0.15) is 0 Å². The molecule has 1 aliphatic rings. The Labute approximate surface area is 117 Å². The van der Waals surface area contributed by atoms with E-state index in [1.54, 1.807) is 0 Å². The lowest BCUT2D eigenvalue weighted by Crippen LogP contribution is -2.34. The lowest BCUT2D eigenvalue weighted by Gasteiger charge is -2.21. The van der Waals surface area contributed by atoms with Crippen LogP contribution in [0, 0.1) is 11.6 Å². The Hall–Kier alpha value is -1.05. The van der Waals surface area contributed by atoms with Crippen LogP contribution in [-0.2, 0) is 10.0 Å². The van der Waals surface area contributed by atoms with Gasteiger partial charge in [-0.15, -0.1) is 0 Å². The molecule has 0 amide bonds. The predicted molar refractivity (Wildman–Crippen MR) is 69.6 cm³/mol. The van der Waals surface area contributed by atoms with Gasteiger partial charge < -0.3 is 5.11 Å². The van der Waals surface area contributed by atoms with Crippen molar-refractivity contribution in [3.05, 3.63) is 29.8 Å². The fourth-order valence-electron chi connectivity index (χ4n) is 2.01. The highest BCUT2D eigenvalue weighted by Gasteiger charge is 2.37. The van der Waals surface area contributed by atoms with E-state index in [0.29, 0.717) is 18.9 Å². The van der Waals surface area contributed by atoms with E-state index >= 15 is 0 Å². The number of hydrogen-bond acceptors (Lipinski definition) is 3. The number of sulfonamides is 1. The second kappa shape index (κ2) is 6.15. The standard InChI is InChI=1S/C13H17F2NO3S/c14-12-6-5-11(9-13(12)15)20(18,19)16(10-3-4-10)7-1-2-8-17/h5-6,9-10,17H,1-4,7-8H2. The summed E-state index contributed by atoms with van der Waals surface area (Å²) in [6, 6.07) is 2.55. The third-order valence-electron chi connectivity index (χ3n) is 3.24. The second-order valence-electron chi connectivity index (χ2n) is 4.85. The van der Waals surface area contributed by atoms with Gasteiger partial charge in [0, 0.05) is 19.2 Å². The smallest absolute Gasteiger partial charge is 0.243 e. The first-order chi connectivity index (χ1) is 9.46. The molecule has 0 aromatic heterocycles. The van der Waals surface area contributed by atoms with E-state index < -0.39 is 21.7 Å². The van der Waals surface area contributed by atoms with Crippen molar-refractivity contribution in [2.75, 3.05) is 13.2 Å². The zero-order valence-corrected chi connectivity index (χ0v) is 11.7. The summed E-state index contributed by atoms with van der Waals surface area (Å²) in [6.07, 6.45) is 2.61. The minimum Gasteiger partial charge on any atom is -0.396 e. The van der Waals surface area contributed by atoms with Crippen molar-refractivity contribution in [1.82, 2.24) is 4.31 Å². The Bertz CT molecular complexity index is 573. The van der Waals surface area contributed by atoms with Crippen molar-refractivity contribution in [3.63, 3.8) is 0 Å². The van der Waals surface area contributed by atoms with Crippen LogP contribution in [0.1, 0.15) is 25.7 Å². The number of rotatable bonds is 7. The largest absolute Gasteiger partial charge is 0.396 e. The van der Waals surface area contributed by atoms with Gasteiger partial charge in [-0.3, -0.25) is 0 Å². The molecule has 1 aliphatic carbocycles. The molecule has 20 heavy (non-hydrogen) atoms. The number of unbranched alkanes of at least 4 members (excludes halogenated alkanes) is 1. The number of aliphatic hydroxyl groups is 1. The van der Waals surface area contributed by atoms with Gasteiger partial charge in [0.25, 0.3) is 0 Å². The topological polar surface area (TPSA) is 57.6 Å². The van der Waals surface area contributed by atoms with Crippen LogP contribution in [0.4, 0.5) is 8.78 Å². The monoisotopic (exact) mass is 305 g/mol. The number of hydrogen-bond donors (Lipinski definition) is 1. The van der Waals surface area contributed by atoms with E-state index in [0.717, 1.165) is 25.0 Å². The summed E-state index contributed by atoms with van der Waals surface area (Å²) in [5, 5.41) is 8.76.